The number of hydrogen-bond donors (Lipinski definition) is 1. The van der Waals surface area contributed by atoms with Gasteiger partial charge in [-0.1, -0.05) is 0 Å². The van der Waals surface area contributed by atoms with Crippen LogP contribution in [0.1, 0.15) is 37.8 Å². The van der Waals surface area contributed by atoms with Gasteiger partial charge in [-0.15, -0.1) is 0 Å². The van der Waals surface area contributed by atoms with Crippen LogP contribution in [0.5, 0.6) is 5.75 Å². The Morgan fingerprint density at radius 3 is 2.75 bits per heavy atom. The number of benzene rings is 1. The number of rotatable bonds is 0. The van der Waals surface area contributed by atoms with Gasteiger partial charge in [0.25, 0.3) is 0 Å². The van der Waals surface area contributed by atoms with Crippen molar-refractivity contribution < 1.29 is 4.74 Å². The third-order valence-corrected chi connectivity index (χ3v) is 5.75. The lowest BCUT2D eigenvalue weighted by Crippen LogP contribution is -2.51. The van der Waals surface area contributed by atoms with E-state index in [-0.39, 0.29) is 5.41 Å². The highest BCUT2D eigenvalue weighted by molar-refractivity contribution is 5.63. The van der Waals surface area contributed by atoms with Crippen molar-refractivity contribution in [3.05, 3.63) is 23.3 Å². The normalized spacial score (nSPS) is 35.5. The molecule has 1 saturated heterocycles. The second-order valence-corrected chi connectivity index (χ2v) is 7.02. The topological polar surface area (TPSA) is 24.5 Å². The number of likely N-dealkylation sites (tertiary alicyclic amines) is 1. The summed E-state index contributed by atoms with van der Waals surface area (Å²) in [5.74, 6) is 1.15. The molecule has 0 aromatic heterocycles. The molecule has 20 heavy (non-hydrogen) atoms. The number of nitrogens with one attached hydrogen (secondary N) is 1. The van der Waals surface area contributed by atoms with Crippen molar-refractivity contribution in [2.45, 2.75) is 50.6 Å². The molecule has 0 radical (unpaired) electrons. The molecule has 0 bridgehead atoms. The van der Waals surface area contributed by atoms with Gasteiger partial charge < -0.3 is 15.0 Å². The summed E-state index contributed by atoms with van der Waals surface area (Å²) in [4.78, 5) is 2.51. The number of ether oxygens (including phenoxy) is 1. The molecule has 108 valence electrons. The maximum absolute atomic E-state index is 6.10. The molecular weight excluding hydrogens is 248 g/mol. The first-order valence-electron chi connectivity index (χ1n) is 7.85. The molecule has 4 rings (SSSR count). The summed E-state index contributed by atoms with van der Waals surface area (Å²) in [6.45, 7) is 6.64. The lowest BCUT2D eigenvalue weighted by molar-refractivity contribution is 0.0651. The van der Waals surface area contributed by atoms with Crippen LogP contribution >= 0.6 is 0 Å². The highest BCUT2D eigenvalue weighted by Crippen LogP contribution is 2.50. The Morgan fingerprint density at radius 2 is 2.00 bits per heavy atom. The van der Waals surface area contributed by atoms with Crippen LogP contribution in [0.2, 0.25) is 0 Å². The van der Waals surface area contributed by atoms with Crippen molar-refractivity contribution in [3.63, 3.8) is 0 Å². The van der Waals surface area contributed by atoms with Crippen molar-refractivity contribution in [3.8, 4) is 5.75 Å². The maximum Gasteiger partial charge on any atom is 0.123 e. The summed E-state index contributed by atoms with van der Waals surface area (Å²) in [6, 6.07) is 5.91. The predicted molar refractivity (Wildman–Crippen MR) is 81.7 cm³/mol. The van der Waals surface area contributed by atoms with Crippen LogP contribution in [0.4, 0.5) is 5.69 Å². The largest absolute Gasteiger partial charge is 0.492 e. The molecule has 1 aromatic carbocycles. The molecule has 1 fully saturated rings. The van der Waals surface area contributed by atoms with E-state index in [4.69, 9.17) is 4.74 Å². The van der Waals surface area contributed by atoms with E-state index in [1.807, 2.05) is 0 Å². The van der Waals surface area contributed by atoms with Gasteiger partial charge >= 0.3 is 0 Å². The molecule has 0 amide bonds. The zero-order valence-corrected chi connectivity index (χ0v) is 12.7. The molecule has 3 aliphatic heterocycles. The first-order chi connectivity index (χ1) is 9.59. The number of nitrogens with zero attached hydrogens (tertiary/aromatic N) is 1. The second kappa shape index (κ2) is 4.14. The Morgan fingerprint density at radius 1 is 1.25 bits per heavy atom. The van der Waals surface area contributed by atoms with E-state index in [9.17, 15) is 0 Å². The fraction of sp³-hybridized carbons (Fsp3) is 0.647. The first-order valence-corrected chi connectivity index (χ1v) is 7.85. The zero-order valence-electron chi connectivity index (χ0n) is 12.7. The zero-order chi connectivity index (χ0) is 13.9. The molecule has 1 N–H and O–H groups in total. The standard InChI is InChI=1S/C17H24N2O/c1-11-8-17(9-12(2)19(11)3)10-20-16-6-13-4-5-18-15(13)7-14(16)17/h6-7,11-12,18H,4-5,8-10H2,1-3H3. The minimum atomic E-state index is 0.236. The SMILES string of the molecule is CC1CC2(COc3cc4c(cc32)NCC4)CC(C)N1C. The van der Waals surface area contributed by atoms with Gasteiger partial charge in [0, 0.05) is 35.3 Å². The van der Waals surface area contributed by atoms with Crippen molar-refractivity contribution in [1.82, 2.24) is 4.90 Å². The summed E-state index contributed by atoms with van der Waals surface area (Å²) in [5, 5.41) is 3.52. The number of hydrogen-bond acceptors (Lipinski definition) is 3. The van der Waals surface area contributed by atoms with Gasteiger partial charge in [-0.05, 0) is 57.9 Å². The summed E-state index contributed by atoms with van der Waals surface area (Å²) in [5.41, 5.74) is 4.46. The fourth-order valence-electron chi connectivity index (χ4n) is 4.43. The Balaban J connectivity index is 1.77. The van der Waals surface area contributed by atoms with E-state index in [1.165, 1.54) is 29.7 Å². The lowest BCUT2D eigenvalue weighted by atomic mass is 9.69. The van der Waals surface area contributed by atoms with Crippen LogP contribution < -0.4 is 10.1 Å². The molecular formula is C17H24N2O. The minimum Gasteiger partial charge on any atom is -0.492 e. The summed E-state index contributed by atoms with van der Waals surface area (Å²) in [6.07, 6.45) is 3.55. The summed E-state index contributed by atoms with van der Waals surface area (Å²) < 4.78 is 6.10. The molecule has 0 saturated carbocycles. The van der Waals surface area contributed by atoms with E-state index in [2.05, 4.69) is 43.2 Å². The molecule has 3 aliphatic rings. The average Bonchev–Trinajstić information content (AvgIpc) is 3.00. The Labute approximate surface area is 121 Å². The van der Waals surface area contributed by atoms with Crippen molar-refractivity contribution in [2.75, 3.05) is 25.5 Å². The van der Waals surface area contributed by atoms with Crippen LogP contribution in [0.3, 0.4) is 0 Å². The third-order valence-electron chi connectivity index (χ3n) is 5.75. The van der Waals surface area contributed by atoms with E-state index >= 15 is 0 Å². The fourth-order valence-corrected chi connectivity index (χ4v) is 4.43. The lowest BCUT2D eigenvalue weighted by Gasteiger charge is -2.45. The Kier molecular flexibility index (Phi) is 2.59. The van der Waals surface area contributed by atoms with Gasteiger partial charge in [0.2, 0.25) is 0 Å². The van der Waals surface area contributed by atoms with Crippen LogP contribution in [0, 0.1) is 0 Å². The number of piperidine rings is 1. The molecule has 0 aliphatic carbocycles. The van der Waals surface area contributed by atoms with Gasteiger partial charge in [-0.25, -0.2) is 0 Å². The average molecular weight is 272 g/mol. The highest BCUT2D eigenvalue weighted by atomic mass is 16.5. The summed E-state index contributed by atoms with van der Waals surface area (Å²) >= 11 is 0. The van der Waals surface area contributed by atoms with E-state index in [0.29, 0.717) is 12.1 Å². The third kappa shape index (κ3) is 1.62. The second-order valence-electron chi connectivity index (χ2n) is 7.02. The Hall–Kier alpha value is -1.22. The smallest absolute Gasteiger partial charge is 0.123 e. The quantitative estimate of drug-likeness (QED) is 0.786. The van der Waals surface area contributed by atoms with Gasteiger partial charge in [0.1, 0.15) is 5.75 Å². The maximum atomic E-state index is 6.10. The van der Waals surface area contributed by atoms with Crippen molar-refractivity contribution >= 4 is 5.69 Å². The minimum absolute atomic E-state index is 0.236. The van der Waals surface area contributed by atoms with Crippen molar-refractivity contribution in [1.29, 1.82) is 0 Å². The predicted octanol–water partition coefficient (Wildman–Crippen LogP) is 2.79. The van der Waals surface area contributed by atoms with Gasteiger partial charge in [-0.2, -0.15) is 0 Å². The van der Waals surface area contributed by atoms with Gasteiger partial charge in [-0.3, -0.25) is 0 Å². The van der Waals surface area contributed by atoms with E-state index in [0.717, 1.165) is 25.3 Å². The monoisotopic (exact) mass is 272 g/mol. The summed E-state index contributed by atoms with van der Waals surface area (Å²) in [7, 11) is 2.25. The van der Waals surface area contributed by atoms with Crippen LogP contribution in [-0.2, 0) is 11.8 Å². The molecule has 3 heteroatoms. The molecule has 2 unspecified atom stereocenters. The van der Waals surface area contributed by atoms with Crippen molar-refractivity contribution in [2.24, 2.45) is 0 Å². The van der Waals surface area contributed by atoms with Crippen LogP contribution in [0.25, 0.3) is 0 Å². The van der Waals surface area contributed by atoms with Crippen LogP contribution in [-0.4, -0.2) is 37.2 Å². The molecule has 3 heterocycles. The molecule has 1 spiro atoms. The first kappa shape index (κ1) is 12.5. The van der Waals surface area contributed by atoms with E-state index in [1.54, 1.807) is 0 Å². The highest BCUT2D eigenvalue weighted by Gasteiger charge is 2.47. The molecule has 3 nitrogen and oxygen atoms in total. The molecule has 1 aromatic rings. The number of anilines is 1. The van der Waals surface area contributed by atoms with Gasteiger partial charge in [0.05, 0.1) is 6.61 Å². The van der Waals surface area contributed by atoms with Gasteiger partial charge in [0.15, 0.2) is 0 Å². The number of fused-ring (bicyclic) bond motifs is 3. The van der Waals surface area contributed by atoms with E-state index < -0.39 is 0 Å². The van der Waals surface area contributed by atoms with Crippen LogP contribution in [0.15, 0.2) is 12.1 Å². The Bertz CT molecular complexity index is 542. The molecule has 2 atom stereocenters.